The quantitative estimate of drug-likeness (QED) is 0.606. The second-order valence-corrected chi connectivity index (χ2v) is 5.91. The van der Waals surface area contributed by atoms with Crippen LogP contribution in [0, 0.1) is 0 Å². The molecule has 0 atom stereocenters. The van der Waals surface area contributed by atoms with Gasteiger partial charge in [0, 0.05) is 36.8 Å². The third kappa shape index (κ3) is 3.46. The van der Waals surface area contributed by atoms with Crippen LogP contribution in [0.15, 0.2) is 82.4 Å². The second kappa shape index (κ2) is 7.21. The van der Waals surface area contributed by atoms with E-state index in [0.717, 1.165) is 16.8 Å². The number of nitrogens with one attached hydrogen (secondary N) is 1. The predicted octanol–water partition coefficient (Wildman–Crippen LogP) is 3.18. The molecule has 4 rings (SSSR count). The van der Waals surface area contributed by atoms with E-state index in [0.29, 0.717) is 11.0 Å². The summed E-state index contributed by atoms with van der Waals surface area (Å²) in [6, 6.07) is 15.5. The van der Waals surface area contributed by atoms with Gasteiger partial charge in [-0.3, -0.25) is 19.6 Å². The van der Waals surface area contributed by atoms with E-state index in [1.165, 1.54) is 6.07 Å². The first-order chi connectivity index (χ1) is 13.2. The number of benzene rings is 1. The molecule has 6 heteroatoms. The topological polar surface area (TPSA) is 85.1 Å². The van der Waals surface area contributed by atoms with Crippen molar-refractivity contribution in [2.24, 2.45) is 0 Å². The highest BCUT2D eigenvalue weighted by atomic mass is 16.3. The van der Waals surface area contributed by atoms with E-state index >= 15 is 0 Å². The summed E-state index contributed by atoms with van der Waals surface area (Å²) >= 11 is 0. The SMILES string of the molecule is O=C(NCc1cccnc1-c1cccnc1)c1cc(=O)c2ccccc2o1. The Labute approximate surface area is 154 Å². The largest absolute Gasteiger partial charge is 0.451 e. The van der Waals surface area contributed by atoms with Crippen LogP contribution in [0.5, 0.6) is 0 Å². The Morgan fingerprint density at radius 1 is 1.04 bits per heavy atom. The van der Waals surface area contributed by atoms with Crippen molar-refractivity contribution in [3.63, 3.8) is 0 Å². The minimum atomic E-state index is -0.459. The van der Waals surface area contributed by atoms with Gasteiger partial charge in [0.05, 0.1) is 11.1 Å². The number of para-hydroxylation sites is 1. The Hall–Kier alpha value is -3.80. The lowest BCUT2D eigenvalue weighted by Gasteiger charge is -2.09. The smallest absolute Gasteiger partial charge is 0.287 e. The van der Waals surface area contributed by atoms with Crippen molar-refractivity contribution in [2.75, 3.05) is 0 Å². The average molecular weight is 357 g/mol. The fourth-order valence-electron chi connectivity index (χ4n) is 2.82. The number of fused-ring (bicyclic) bond motifs is 1. The van der Waals surface area contributed by atoms with Gasteiger partial charge in [-0.05, 0) is 35.9 Å². The molecule has 0 saturated heterocycles. The summed E-state index contributed by atoms with van der Waals surface area (Å²) in [4.78, 5) is 33.1. The van der Waals surface area contributed by atoms with Crippen molar-refractivity contribution in [1.29, 1.82) is 0 Å². The Bertz CT molecular complexity index is 1170. The van der Waals surface area contributed by atoms with E-state index in [1.54, 1.807) is 48.9 Å². The van der Waals surface area contributed by atoms with E-state index in [1.807, 2.05) is 18.2 Å². The van der Waals surface area contributed by atoms with Gasteiger partial charge in [0.1, 0.15) is 5.58 Å². The summed E-state index contributed by atoms with van der Waals surface area (Å²) in [5, 5.41) is 3.23. The highest BCUT2D eigenvalue weighted by Gasteiger charge is 2.13. The van der Waals surface area contributed by atoms with Gasteiger partial charge in [0.15, 0.2) is 11.2 Å². The Morgan fingerprint density at radius 3 is 2.74 bits per heavy atom. The second-order valence-electron chi connectivity index (χ2n) is 5.91. The predicted molar refractivity (Wildman–Crippen MR) is 101 cm³/mol. The van der Waals surface area contributed by atoms with E-state index in [4.69, 9.17) is 4.42 Å². The molecule has 1 amide bonds. The normalized spacial score (nSPS) is 10.7. The number of carbonyl (C=O) groups is 1. The Kier molecular flexibility index (Phi) is 4.45. The lowest BCUT2D eigenvalue weighted by molar-refractivity contribution is 0.0924. The fraction of sp³-hybridized carbons (Fsp3) is 0.0476. The lowest BCUT2D eigenvalue weighted by atomic mass is 10.1. The minimum absolute atomic E-state index is 0.0227. The van der Waals surface area contributed by atoms with Crippen molar-refractivity contribution >= 4 is 16.9 Å². The molecule has 0 saturated carbocycles. The van der Waals surface area contributed by atoms with Crippen LogP contribution in [0.25, 0.3) is 22.2 Å². The molecule has 0 aliphatic carbocycles. The molecule has 3 heterocycles. The monoisotopic (exact) mass is 357 g/mol. The van der Waals surface area contributed by atoms with Crippen LogP contribution in [0.1, 0.15) is 16.1 Å². The van der Waals surface area contributed by atoms with Gasteiger partial charge in [-0.1, -0.05) is 18.2 Å². The third-order valence-electron chi connectivity index (χ3n) is 4.12. The maximum Gasteiger partial charge on any atom is 0.287 e. The molecule has 0 radical (unpaired) electrons. The Balaban J connectivity index is 1.58. The average Bonchev–Trinajstić information content (AvgIpc) is 2.73. The highest BCUT2D eigenvalue weighted by Crippen LogP contribution is 2.20. The molecule has 0 fully saturated rings. The van der Waals surface area contributed by atoms with Crippen LogP contribution < -0.4 is 10.7 Å². The summed E-state index contributed by atoms with van der Waals surface area (Å²) in [6.07, 6.45) is 5.10. The molecule has 0 aliphatic rings. The van der Waals surface area contributed by atoms with Crippen LogP contribution in [-0.2, 0) is 6.54 Å². The van der Waals surface area contributed by atoms with Crippen molar-refractivity contribution < 1.29 is 9.21 Å². The van der Waals surface area contributed by atoms with E-state index in [9.17, 15) is 9.59 Å². The maximum absolute atomic E-state index is 12.5. The first-order valence-corrected chi connectivity index (χ1v) is 8.38. The van der Waals surface area contributed by atoms with Crippen LogP contribution in [0.4, 0.5) is 0 Å². The van der Waals surface area contributed by atoms with Gasteiger partial charge in [-0.2, -0.15) is 0 Å². The lowest BCUT2D eigenvalue weighted by Crippen LogP contribution is -2.24. The number of pyridine rings is 2. The zero-order valence-corrected chi connectivity index (χ0v) is 14.3. The molecule has 3 aromatic heterocycles. The standard InChI is InChI=1S/C21H15N3O3/c25-17-11-19(27-18-8-2-1-7-16(17)18)21(26)24-13-15-6-4-10-23-20(15)14-5-3-9-22-12-14/h1-12H,13H2,(H,24,26). The molecular weight excluding hydrogens is 342 g/mol. The number of hydrogen-bond acceptors (Lipinski definition) is 5. The summed E-state index contributed by atoms with van der Waals surface area (Å²) in [6.45, 7) is 0.243. The molecule has 1 N–H and O–H groups in total. The van der Waals surface area contributed by atoms with Gasteiger partial charge in [-0.15, -0.1) is 0 Å². The Morgan fingerprint density at radius 2 is 1.89 bits per heavy atom. The van der Waals surface area contributed by atoms with Crippen LogP contribution in [0.2, 0.25) is 0 Å². The van der Waals surface area contributed by atoms with E-state index < -0.39 is 5.91 Å². The molecule has 0 bridgehead atoms. The van der Waals surface area contributed by atoms with Crippen LogP contribution in [0.3, 0.4) is 0 Å². The number of rotatable bonds is 4. The first-order valence-electron chi connectivity index (χ1n) is 8.38. The fourth-order valence-corrected chi connectivity index (χ4v) is 2.82. The van der Waals surface area contributed by atoms with Crippen LogP contribution in [-0.4, -0.2) is 15.9 Å². The van der Waals surface area contributed by atoms with Crippen molar-refractivity contribution in [3.8, 4) is 11.3 Å². The van der Waals surface area contributed by atoms with Crippen molar-refractivity contribution in [2.45, 2.75) is 6.54 Å². The summed E-state index contributed by atoms with van der Waals surface area (Å²) in [5.41, 5.74) is 2.57. The highest BCUT2D eigenvalue weighted by molar-refractivity contribution is 5.93. The van der Waals surface area contributed by atoms with Gasteiger partial charge < -0.3 is 9.73 Å². The molecule has 4 aromatic rings. The molecule has 1 aromatic carbocycles. The summed E-state index contributed by atoms with van der Waals surface area (Å²) in [5.74, 6) is -0.482. The zero-order valence-electron chi connectivity index (χ0n) is 14.3. The third-order valence-corrected chi connectivity index (χ3v) is 4.12. The van der Waals surface area contributed by atoms with Gasteiger partial charge >= 0.3 is 0 Å². The number of hydrogen-bond donors (Lipinski definition) is 1. The number of amides is 1. The van der Waals surface area contributed by atoms with Gasteiger partial charge in [0.25, 0.3) is 5.91 Å². The molecule has 0 unspecified atom stereocenters. The molecule has 27 heavy (non-hydrogen) atoms. The number of nitrogens with zero attached hydrogens (tertiary/aromatic N) is 2. The molecule has 132 valence electrons. The van der Waals surface area contributed by atoms with Crippen molar-refractivity contribution in [3.05, 3.63) is 94.7 Å². The van der Waals surface area contributed by atoms with E-state index in [-0.39, 0.29) is 17.7 Å². The van der Waals surface area contributed by atoms with E-state index in [2.05, 4.69) is 15.3 Å². The number of aromatic nitrogens is 2. The van der Waals surface area contributed by atoms with Gasteiger partial charge in [-0.25, -0.2) is 0 Å². The summed E-state index contributed by atoms with van der Waals surface area (Å²) < 4.78 is 5.57. The van der Waals surface area contributed by atoms with Crippen molar-refractivity contribution in [1.82, 2.24) is 15.3 Å². The number of carbonyl (C=O) groups excluding carboxylic acids is 1. The minimum Gasteiger partial charge on any atom is -0.451 e. The summed E-state index contributed by atoms with van der Waals surface area (Å²) in [7, 11) is 0. The first kappa shape index (κ1) is 16.7. The molecule has 0 spiro atoms. The zero-order chi connectivity index (χ0) is 18.6. The van der Waals surface area contributed by atoms with Gasteiger partial charge in [0.2, 0.25) is 0 Å². The molecular formula is C21H15N3O3. The molecule has 0 aliphatic heterocycles. The van der Waals surface area contributed by atoms with Crippen LogP contribution >= 0.6 is 0 Å². The maximum atomic E-state index is 12.5. The molecule has 6 nitrogen and oxygen atoms in total.